The van der Waals surface area contributed by atoms with E-state index in [9.17, 15) is 4.79 Å². The van der Waals surface area contributed by atoms with E-state index in [-0.39, 0.29) is 0 Å². The zero-order valence-electron chi connectivity index (χ0n) is 13.6. The summed E-state index contributed by atoms with van der Waals surface area (Å²) in [6.07, 6.45) is 0. The average molecular weight is 296 g/mol. The minimum absolute atomic E-state index is 0.546. The van der Waals surface area contributed by atoms with E-state index >= 15 is 0 Å². The Morgan fingerprint density at radius 2 is 1.57 bits per heavy atom. The summed E-state index contributed by atoms with van der Waals surface area (Å²) in [5, 5.41) is 0. The lowest BCUT2D eigenvalue weighted by atomic mass is 10.0. The Bertz CT molecular complexity index is 455. The van der Waals surface area contributed by atoms with Crippen molar-refractivity contribution in [2.24, 2.45) is 0 Å². The second kappa shape index (κ2) is 6.91. The van der Waals surface area contributed by atoms with Crippen molar-refractivity contribution in [1.82, 2.24) is 0 Å². The fourth-order valence-electron chi connectivity index (χ4n) is 1.89. The lowest BCUT2D eigenvalue weighted by molar-refractivity contribution is -0.243. The minimum Gasteiger partial charge on any atom is -0.494 e. The topological polar surface area (TPSA) is 54.0 Å². The maximum atomic E-state index is 12.5. The highest BCUT2D eigenvalue weighted by Gasteiger charge is 2.44. The van der Waals surface area contributed by atoms with E-state index in [0.29, 0.717) is 17.9 Å². The van der Waals surface area contributed by atoms with Crippen LogP contribution in [0.1, 0.15) is 33.3 Å². The van der Waals surface area contributed by atoms with Gasteiger partial charge in [0.1, 0.15) is 11.4 Å². The number of carbonyl (C=O) groups is 1. The molecule has 1 aromatic rings. The predicted octanol–water partition coefficient (Wildman–Crippen LogP) is 2.87. The number of carbonyl (C=O) groups excluding carboxylic acids is 1. The van der Waals surface area contributed by atoms with Gasteiger partial charge in [-0.3, -0.25) is 0 Å². The highest BCUT2D eigenvalue weighted by Crippen LogP contribution is 2.31. The van der Waals surface area contributed by atoms with Gasteiger partial charge in [0.25, 0.3) is 5.79 Å². The molecule has 0 saturated heterocycles. The summed E-state index contributed by atoms with van der Waals surface area (Å²) in [5.41, 5.74) is -0.0878. The molecule has 0 aliphatic heterocycles. The third kappa shape index (κ3) is 4.19. The maximum absolute atomic E-state index is 12.5. The predicted molar refractivity (Wildman–Crippen MR) is 79.2 cm³/mol. The standard InChI is InChI=1S/C16H24O5/c1-7-20-13-10-8-12(9-11-13)16(18-5,19-6)14(17)21-15(2,3)4/h8-11H,7H2,1-6H3. The molecule has 1 aromatic carbocycles. The van der Waals surface area contributed by atoms with Crippen LogP contribution in [0.4, 0.5) is 0 Å². The van der Waals surface area contributed by atoms with E-state index in [1.807, 2.05) is 6.92 Å². The van der Waals surface area contributed by atoms with E-state index in [0.717, 1.165) is 0 Å². The van der Waals surface area contributed by atoms with Gasteiger partial charge in [0.2, 0.25) is 0 Å². The summed E-state index contributed by atoms with van der Waals surface area (Å²) < 4.78 is 21.5. The fraction of sp³-hybridized carbons (Fsp3) is 0.562. The van der Waals surface area contributed by atoms with Gasteiger partial charge in [-0.25, -0.2) is 4.79 Å². The number of ether oxygens (including phenoxy) is 4. The van der Waals surface area contributed by atoms with Crippen LogP contribution in [0.15, 0.2) is 24.3 Å². The Labute approximate surface area is 126 Å². The Morgan fingerprint density at radius 3 is 1.95 bits per heavy atom. The maximum Gasteiger partial charge on any atom is 0.372 e. The molecular weight excluding hydrogens is 272 g/mol. The summed E-state index contributed by atoms with van der Waals surface area (Å²) in [6, 6.07) is 6.97. The average Bonchev–Trinajstić information content (AvgIpc) is 2.41. The lowest BCUT2D eigenvalue weighted by Crippen LogP contribution is -2.44. The lowest BCUT2D eigenvalue weighted by Gasteiger charge is -2.32. The molecule has 0 aromatic heterocycles. The van der Waals surface area contributed by atoms with Crippen LogP contribution in [0.2, 0.25) is 0 Å². The first kappa shape index (κ1) is 17.5. The van der Waals surface area contributed by atoms with E-state index in [1.54, 1.807) is 45.0 Å². The molecular formula is C16H24O5. The molecule has 0 spiro atoms. The number of benzene rings is 1. The van der Waals surface area contributed by atoms with Gasteiger partial charge in [0.05, 0.1) is 6.61 Å². The van der Waals surface area contributed by atoms with E-state index in [2.05, 4.69) is 0 Å². The van der Waals surface area contributed by atoms with Crippen molar-refractivity contribution in [3.63, 3.8) is 0 Å². The Morgan fingerprint density at radius 1 is 1.05 bits per heavy atom. The van der Waals surface area contributed by atoms with Gasteiger partial charge in [-0.05, 0) is 52.0 Å². The molecule has 5 nitrogen and oxygen atoms in total. The Kier molecular flexibility index (Phi) is 5.75. The molecule has 0 aliphatic carbocycles. The molecule has 0 unspecified atom stereocenters. The molecule has 0 bridgehead atoms. The van der Waals surface area contributed by atoms with Crippen molar-refractivity contribution in [1.29, 1.82) is 0 Å². The van der Waals surface area contributed by atoms with Crippen LogP contribution in [0, 0.1) is 0 Å². The van der Waals surface area contributed by atoms with Crippen molar-refractivity contribution in [3.8, 4) is 5.75 Å². The van der Waals surface area contributed by atoms with Gasteiger partial charge in [-0.1, -0.05) is 0 Å². The molecule has 0 saturated carbocycles. The molecule has 118 valence electrons. The Balaban J connectivity index is 3.12. The molecule has 0 heterocycles. The number of hydrogen-bond donors (Lipinski definition) is 0. The summed E-state index contributed by atoms with van der Waals surface area (Å²) in [7, 11) is 2.81. The second-order valence-electron chi connectivity index (χ2n) is 5.48. The molecule has 5 heteroatoms. The van der Waals surface area contributed by atoms with Crippen LogP contribution in [0.5, 0.6) is 5.75 Å². The minimum atomic E-state index is -1.59. The van der Waals surface area contributed by atoms with Crippen molar-refractivity contribution < 1.29 is 23.7 Å². The molecule has 1 rings (SSSR count). The summed E-state index contributed by atoms with van der Waals surface area (Å²) in [6.45, 7) is 7.85. The van der Waals surface area contributed by atoms with Crippen LogP contribution in [0.3, 0.4) is 0 Å². The summed E-state index contributed by atoms with van der Waals surface area (Å²) in [4.78, 5) is 12.5. The van der Waals surface area contributed by atoms with Gasteiger partial charge >= 0.3 is 5.97 Å². The largest absolute Gasteiger partial charge is 0.494 e. The third-order valence-corrected chi connectivity index (χ3v) is 2.79. The highest BCUT2D eigenvalue weighted by atomic mass is 16.7. The second-order valence-corrected chi connectivity index (χ2v) is 5.48. The molecule has 0 amide bonds. The Hall–Kier alpha value is -1.59. The van der Waals surface area contributed by atoms with Crippen molar-refractivity contribution in [3.05, 3.63) is 29.8 Å². The van der Waals surface area contributed by atoms with Gasteiger partial charge < -0.3 is 18.9 Å². The van der Waals surface area contributed by atoms with E-state index < -0.39 is 17.4 Å². The van der Waals surface area contributed by atoms with Crippen molar-refractivity contribution in [2.45, 2.75) is 39.1 Å². The van der Waals surface area contributed by atoms with Crippen LogP contribution in [-0.2, 0) is 24.8 Å². The first-order valence-electron chi connectivity index (χ1n) is 6.86. The zero-order valence-corrected chi connectivity index (χ0v) is 13.6. The molecule has 0 atom stereocenters. The molecule has 0 fully saturated rings. The van der Waals surface area contributed by atoms with Gasteiger partial charge in [0.15, 0.2) is 0 Å². The van der Waals surface area contributed by atoms with E-state index in [1.165, 1.54) is 14.2 Å². The van der Waals surface area contributed by atoms with Crippen molar-refractivity contribution in [2.75, 3.05) is 20.8 Å². The van der Waals surface area contributed by atoms with Crippen LogP contribution < -0.4 is 4.74 Å². The molecule has 0 radical (unpaired) electrons. The normalized spacial score (nSPS) is 12.1. The number of methoxy groups -OCH3 is 2. The van der Waals surface area contributed by atoms with Crippen LogP contribution in [-0.4, -0.2) is 32.4 Å². The SMILES string of the molecule is CCOc1ccc(C(OC)(OC)C(=O)OC(C)(C)C)cc1. The zero-order chi connectivity index (χ0) is 16.1. The smallest absolute Gasteiger partial charge is 0.372 e. The van der Waals surface area contributed by atoms with Crippen LogP contribution >= 0.6 is 0 Å². The van der Waals surface area contributed by atoms with Gasteiger partial charge in [-0.15, -0.1) is 0 Å². The van der Waals surface area contributed by atoms with Crippen LogP contribution in [0.25, 0.3) is 0 Å². The number of hydrogen-bond acceptors (Lipinski definition) is 5. The van der Waals surface area contributed by atoms with E-state index in [4.69, 9.17) is 18.9 Å². The fourth-order valence-corrected chi connectivity index (χ4v) is 1.89. The molecule has 0 aliphatic rings. The molecule has 0 N–H and O–H groups in total. The number of esters is 1. The number of rotatable bonds is 6. The first-order chi connectivity index (χ1) is 9.79. The highest BCUT2D eigenvalue weighted by molar-refractivity contribution is 5.80. The monoisotopic (exact) mass is 296 g/mol. The van der Waals surface area contributed by atoms with Gasteiger partial charge in [0, 0.05) is 19.8 Å². The first-order valence-corrected chi connectivity index (χ1v) is 6.86. The summed E-state index contributed by atoms with van der Waals surface area (Å²) in [5.74, 6) is -1.46. The van der Waals surface area contributed by atoms with Crippen molar-refractivity contribution >= 4 is 5.97 Å². The quantitative estimate of drug-likeness (QED) is 0.597. The summed E-state index contributed by atoms with van der Waals surface area (Å²) >= 11 is 0. The van der Waals surface area contributed by atoms with Gasteiger partial charge in [-0.2, -0.15) is 0 Å². The molecule has 21 heavy (non-hydrogen) atoms. The third-order valence-electron chi connectivity index (χ3n) is 2.79.